The molecule has 6 N–H and O–H groups in total. The van der Waals surface area contributed by atoms with Gasteiger partial charge in [0.15, 0.2) is 0 Å². The van der Waals surface area contributed by atoms with Gasteiger partial charge in [0.25, 0.3) is 0 Å². The van der Waals surface area contributed by atoms with E-state index < -0.39 is 12.1 Å². The van der Waals surface area contributed by atoms with Gasteiger partial charge in [-0.1, -0.05) is 13.8 Å². The number of carbonyl (C=O) groups is 3. The summed E-state index contributed by atoms with van der Waals surface area (Å²) in [5.41, 5.74) is 7.68. The largest absolute Gasteiger partial charge is 0.497 e. The van der Waals surface area contributed by atoms with E-state index in [-0.39, 0.29) is 36.2 Å². The zero-order valence-corrected chi connectivity index (χ0v) is 20.1. The number of methoxy groups -OCH3 is 1. The van der Waals surface area contributed by atoms with Crippen LogP contribution in [0.15, 0.2) is 24.4 Å². The van der Waals surface area contributed by atoms with E-state index in [2.05, 4.69) is 26.3 Å². The molecule has 10 nitrogen and oxygen atoms in total. The number of nitrogens with one attached hydrogen (secondary N) is 4. The molecule has 1 aromatic heterocycles. The number of carbonyl (C=O) groups excluding carboxylic acids is 3. The lowest BCUT2D eigenvalue weighted by atomic mass is 10.0. The molecule has 0 bridgehead atoms. The molecule has 3 atom stereocenters. The van der Waals surface area contributed by atoms with Gasteiger partial charge in [0, 0.05) is 18.0 Å². The zero-order valence-electron chi connectivity index (χ0n) is 20.1. The summed E-state index contributed by atoms with van der Waals surface area (Å²) >= 11 is 0. The van der Waals surface area contributed by atoms with Gasteiger partial charge in [-0.3, -0.25) is 19.4 Å². The number of fused-ring (bicyclic) bond motifs is 1. The number of benzene rings is 1. The molecule has 184 valence electrons. The van der Waals surface area contributed by atoms with Crippen LogP contribution in [-0.4, -0.2) is 61.0 Å². The predicted octanol–water partition coefficient (Wildman–Crippen LogP) is 0.827. The zero-order chi connectivity index (χ0) is 24.8. The molecule has 0 spiro atoms. The Hall–Kier alpha value is -3.24. The summed E-state index contributed by atoms with van der Waals surface area (Å²) in [6.45, 7) is 6.31. The topological polar surface area (TPSA) is 147 Å². The smallest absolute Gasteiger partial charge is 0.247 e. The minimum atomic E-state index is -0.713. The predicted molar refractivity (Wildman–Crippen MR) is 130 cm³/mol. The number of aryl methyl sites for hydroxylation is 1. The van der Waals surface area contributed by atoms with Crippen LogP contribution in [0.4, 0.5) is 5.69 Å². The number of nitrogens with two attached hydrogens (primary N) is 1. The molecule has 1 aromatic carbocycles. The summed E-state index contributed by atoms with van der Waals surface area (Å²) < 4.78 is 5.34. The van der Waals surface area contributed by atoms with Gasteiger partial charge in [-0.05, 0) is 49.4 Å². The second kappa shape index (κ2) is 11.3. The third-order valence-electron chi connectivity index (χ3n) is 5.79. The Balaban J connectivity index is 1.68. The van der Waals surface area contributed by atoms with Gasteiger partial charge >= 0.3 is 0 Å². The van der Waals surface area contributed by atoms with Crippen molar-refractivity contribution < 1.29 is 19.1 Å². The lowest BCUT2D eigenvalue weighted by Crippen LogP contribution is -2.50. The van der Waals surface area contributed by atoms with Gasteiger partial charge in [-0.2, -0.15) is 0 Å². The fourth-order valence-electron chi connectivity index (χ4n) is 4.12. The van der Waals surface area contributed by atoms with Crippen LogP contribution in [0.5, 0.6) is 5.75 Å². The quantitative estimate of drug-likeness (QED) is 0.365. The molecule has 3 rings (SSSR count). The van der Waals surface area contributed by atoms with E-state index in [1.807, 2.05) is 39.0 Å². The van der Waals surface area contributed by atoms with Crippen LogP contribution < -0.4 is 31.7 Å². The van der Waals surface area contributed by atoms with E-state index >= 15 is 0 Å². The Bertz CT molecular complexity index is 1060. The van der Waals surface area contributed by atoms with E-state index in [1.165, 1.54) is 0 Å². The van der Waals surface area contributed by atoms with Crippen molar-refractivity contribution in [3.8, 4) is 5.75 Å². The molecule has 10 heteroatoms. The van der Waals surface area contributed by atoms with Crippen molar-refractivity contribution in [2.24, 2.45) is 11.7 Å². The highest BCUT2D eigenvalue weighted by atomic mass is 16.5. The maximum absolute atomic E-state index is 13.1. The fraction of sp³-hybridized carbons (Fsp3) is 0.500. The molecule has 0 aliphatic carbocycles. The van der Waals surface area contributed by atoms with Crippen molar-refractivity contribution in [2.75, 3.05) is 25.5 Å². The van der Waals surface area contributed by atoms with Crippen molar-refractivity contribution >= 4 is 34.3 Å². The normalized spacial score (nSPS) is 18.5. The first-order chi connectivity index (χ1) is 16.2. The molecule has 1 fully saturated rings. The first-order valence-corrected chi connectivity index (χ1v) is 11.5. The van der Waals surface area contributed by atoms with E-state index in [0.29, 0.717) is 30.8 Å². The number of hydrogen-bond acceptors (Lipinski definition) is 7. The van der Waals surface area contributed by atoms with Crippen molar-refractivity contribution in [3.05, 3.63) is 30.0 Å². The van der Waals surface area contributed by atoms with Gasteiger partial charge in [0.2, 0.25) is 17.7 Å². The van der Waals surface area contributed by atoms with Gasteiger partial charge < -0.3 is 31.7 Å². The average Bonchev–Trinajstić information content (AvgIpc) is 3.26. The number of rotatable bonds is 9. The lowest BCUT2D eigenvalue weighted by Gasteiger charge is -2.22. The highest BCUT2D eigenvalue weighted by Gasteiger charge is 2.32. The monoisotopic (exact) mass is 470 g/mol. The molecule has 1 saturated heterocycles. The van der Waals surface area contributed by atoms with Crippen LogP contribution in [0.2, 0.25) is 0 Å². The minimum absolute atomic E-state index is 0.0972. The van der Waals surface area contributed by atoms with E-state index in [9.17, 15) is 14.4 Å². The van der Waals surface area contributed by atoms with Crippen molar-refractivity contribution in [2.45, 2.75) is 51.7 Å². The highest BCUT2D eigenvalue weighted by Crippen LogP contribution is 2.25. The van der Waals surface area contributed by atoms with Gasteiger partial charge in [-0.15, -0.1) is 0 Å². The first kappa shape index (κ1) is 25.4. The molecule has 3 amide bonds. The van der Waals surface area contributed by atoms with Crippen LogP contribution in [0, 0.1) is 12.8 Å². The SMILES string of the molecule is COc1cc(C)c2ncc(NC(=O)C(CC(C)C)NC(=O)C3CC(NC(=O)CN)CN3)cc2c1. The number of nitrogens with zero attached hydrogens (tertiary/aromatic N) is 1. The Kier molecular flexibility index (Phi) is 8.41. The standard InChI is InChI=1S/C24H34N6O4/c1-13(2)5-20(30-23(32)19-9-17(11-26-19)28-21(31)10-25)24(33)29-16-7-15-8-18(34-4)6-14(3)22(15)27-12-16/h6-8,12-13,17,19-20,26H,5,9-11,25H2,1-4H3,(H,28,31)(H,29,33)(H,30,32). The molecule has 1 aliphatic heterocycles. The van der Waals surface area contributed by atoms with Crippen LogP contribution in [0.3, 0.4) is 0 Å². The third-order valence-corrected chi connectivity index (χ3v) is 5.79. The summed E-state index contributed by atoms with van der Waals surface area (Å²) in [5, 5.41) is 12.5. The lowest BCUT2D eigenvalue weighted by molar-refractivity contribution is -0.128. The Morgan fingerprint density at radius 2 is 2.03 bits per heavy atom. The Morgan fingerprint density at radius 1 is 1.26 bits per heavy atom. The van der Waals surface area contributed by atoms with Crippen LogP contribution >= 0.6 is 0 Å². The summed E-state index contributed by atoms with van der Waals surface area (Å²) in [6, 6.07) is 4.23. The van der Waals surface area contributed by atoms with Crippen molar-refractivity contribution in [1.82, 2.24) is 20.9 Å². The molecule has 34 heavy (non-hydrogen) atoms. The van der Waals surface area contributed by atoms with E-state index in [4.69, 9.17) is 10.5 Å². The van der Waals surface area contributed by atoms with Crippen molar-refractivity contribution in [3.63, 3.8) is 0 Å². The van der Waals surface area contributed by atoms with E-state index in [1.54, 1.807) is 13.3 Å². The summed E-state index contributed by atoms with van der Waals surface area (Å²) in [5.74, 6) is 0.0499. The number of pyridine rings is 1. The number of ether oxygens (including phenoxy) is 1. The summed E-state index contributed by atoms with van der Waals surface area (Å²) in [6.07, 6.45) is 2.52. The molecule has 3 unspecified atom stereocenters. The molecular formula is C24H34N6O4. The van der Waals surface area contributed by atoms with Gasteiger partial charge in [-0.25, -0.2) is 0 Å². The number of hydrogen-bond donors (Lipinski definition) is 5. The molecule has 2 aromatic rings. The molecular weight excluding hydrogens is 436 g/mol. The first-order valence-electron chi connectivity index (χ1n) is 11.5. The molecule has 2 heterocycles. The Labute approximate surface area is 199 Å². The van der Waals surface area contributed by atoms with Crippen LogP contribution in [0.25, 0.3) is 10.9 Å². The minimum Gasteiger partial charge on any atom is -0.497 e. The van der Waals surface area contributed by atoms with Crippen LogP contribution in [-0.2, 0) is 14.4 Å². The summed E-state index contributed by atoms with van der Waals surface area (Å²) in [4.78, 5) is 42.0. The van der Waals surface area contributed by atoms with Crippen LogP contribution in [0.1, 0.15) is 32.3 Å². The Morgan fingerprint density at radius 3 is 2.71 bits per heavy atom. The number of anilines is 1. The molecule has 0 radical (unpaired) electrons. The highest BCUT2D eigenvalue weighted by molar-refractivity contribution is 5.99. The van der Waals surface area contributed by atoms with Crippen molar-refractivity contribution in [1.29, 1.82) is 0 Å². The second-order valence-corrected chi connectivity index (χ2v) is 9.09. The summed E-state index contributed by atoms with van der Waals surface area (Å²) in [7, 11) is 1.60. The average molecular weight is 471 g/mol. The fourth-order valence-corrected chi connectivity index (χ4v) is 4.12. The van der Waals surface area contributed by atoms with Gasteiger partial charge in [0.05, 0.1) is 37.1 Å². The van der Waals surface area contributed by atoms with E-state index in [0.717, 1.165) is 16.5 Å². The molecule has 1 aliphatic rings. The number of amides is 3. The maximum Gasteiger partial charge on any atom is 0.247 e. The molecule has 0 saturated carbocycles. The van der Waals surface area contributed by atoms with Gasteiger partial charge in [0.1, 0.15) is 11.8 Å². The number of aromatic nitrogens is 1. The third kappa shape index (κ3) is 6.42. The second-order valence-electron chi connectivity index (χ2n) is 9.09. The maximum atomic E-state index is 13.1.